The van der Waals surface area contributed by atoms with Crippen LogP contribution in [0.2, 0.25) is 0 Å². The van der Waals surface area contributed by atoms with Crippen molar-refractivity contribution < 1.29 is 9.41 Å². The molecule has 0 rings (SSSR count). The minimum absolute atomic E-state index is 0. The van der Waals surface area contributed by atoms with Gasteiger partial charge in [-0.1, -0.05) is 0 Å². The van der Waals surface area contributed by atoms with Crippen molar-refractivity contribution in [1.29, 1.82) is 0 Å². The topological polar surface area (TPSA) is 0 Å². The summed E-state index contributed by atoms with van der Waals surface area (Å²) in [6, 6.07) is 0. The van der Waals surface area contributed by atoms with Crippen LogP contribution in [0.25, 0.3) is 0 Å². The Morgan fingerprint density at radius 3 is 0.750 bits per heavy atom. The summed E-state index contributed by atoms with van der Waals surface area (Å²) in [5.74, 6) is 0. The quantitative estimate of drug-likeness (QED) is 0.353. The molecule has 0 N–H and O–H groups in total. The molecule has 0 aromatic carbocycles. The van der Waals surface area contributed by atoms with Gasteiger partial charge in [-0.25, -0.2) is 0 Å². The molecule has 0 heterocycles. The molecule has 0 aliphatic heterocycles. The molecule has 0 radical (unpaired) electrons. The fraction of sp³-hybridized carbons (Fsp3) is 0. The maximum Gasteiger partial charge on any atom is 2.00 e. The fourth-order valence-electron chi connectivity index (χ4n) is 0. The summed E-state index contributed by atoms with van der Waals surface area (Å²) in [6.07, 6.45) is 0. The second kappa shape index (κ2) is 17.3. The molecule has 4 heteroatoms. The van der Waals surface area contributed by atoms with Gasteiger partial charge >= 0.3 is 86.6 Å². The summed E-state index contributed by atoms with van der Waals surface area (Å²) < 4.78 is 0. The first-order valence-electron chi connectivity index (χ1n) is 0. The van der Waals surface area contributed by atoms with Crippen LogP contribution < -0.4 is 9.41 Å². The molecule has 16 valence electrons. The molecule has 0 unspecified atom stereocenters. The van der Waals surface area contributed by atoms with Gasteiger partial charge in [-0.2, -0.15) is 0 Å². The third kappa shape index (κ3) is 8.83. The summed E-state index contributed by atoms with van der Waals surface area (Å²) in [5.41, 5.74) is 0. The van der Waals surface area contributed by atoms with Crippen LogP contribution in [-0.2, 0) is 0 Å². The van der Waals surface area contributed by atoms with Crippen LogP contribution in [0.5, 0.6) is 0 Å². The summed E-state index contributed by atoms with van der Waals surface area (Å²) in [7, 11) is 0. The Morgan fingerprint density at radius 1 is 0.750 bits per heavy atom. The molecule has 0 amide bonds. The van der Waals surface area contributed by atoms with E-state index in [-0.39, 0.29) is 96.0 Å². The van der Waals surface area contributed by atoms with Crippen molar-refractivity contribution in [2.45, 2.75) is 0 Å². The van der Waals surface area contributed by atoms with E-state index in [0.717, 1.165) is 0 Å². The Kier molecular flexibility index (Phi) is 129. The van der Waals surface area contributed by atoms with Crippen molar-refractivity contribution in [3.63, 3.8) is 0 Å². The van der Waals surface area contributed by atoms with E-state index in [1.165, 1.54) is 0 Å². The second-order valence-corrected chi connectivity index (χ2v) is 0. The molecule has 4 heavy (non-hydrogen) atoms. The van der Waals surface area contributed by atoms with Gasteiger partial charge in [-0.05, 0) is 0 Å². The molecule has 0 fully saturated rings. The number of hydrogen-bond donors (Lipinski definition) is 0. The average Bonchev–Trinajstić information content (AvgIpc) is 0. The van der Waals surface area contributed by atoms with Gasteiger partial charge < -0.3 is 9.41 Å². The van der Waals surface area contributed by atoms with Crippen molar-refractivity contribution >= 4 is 86.6 Å². The van der Waals surface area contributed by atoms with Crippen LogP contribution in [0.4, 0.5) is 0 Å². The van der Waals surface area contributed by atoms with Crippen LogP contribution in [0.1, 0.15) is 0 Å². The molecular weight excluding hydrogens is 215 g/mol. The first-order valence-corrected chi connectivity index (χ1v) is 0. The van der Waals surface area contributed by atoms with Crippen LogP contribution in [-0.4, -0.2) is 86.6 Å². The van der Waals surface area contributed by atoms with E-state index in [9.17, 15) is 0 Å². The Hall–Kier alpha value is 2.69. The molecule has 0 nitrogen and oxygen atoms in total. The molecule has 0 atom stereocenters. The van der Waals surface area contributed by atoms with Crippen LogP contribution >= 0.6 is 0 Å². The van der Waals surface area contributed by atoms with E-state index in [1.54, 1.807) is 0 Å². The average molecular weight is 215 g/mol. The second-order valence-electron chi connectivity index (χ2n) is 0. The normalized spacial score (nSPS) is 0. The molecular formula is BaCaF2+2. The standard InChI is InChI=1S/Ba.Ca.2FH/h;;2*1H/q2*+2;;/p-2. The summed E-state index contributed by atoms with van der Waals surface area (Å²) >= 11 is 0. The van der Waals surface area contributed by atoms with Gasteiger partial charge in [0.1, 0.15) is 0 Å². The Morgan fingerprint density at radius 2 is 0.750 bits per heavy atom. The predicted octanol–water partition coefficient (Wildman–Crippen LogP) is -6.75. The molecule has 0 aromatic heterocycles. The van der Waals surface area contributed by atoms with Crippen molar-refractivity contribution in [2.75, 3.05) is 0 Å². The van der Waals surface area contributed by atoms with Gasteiger partial charge in [-0.3, -0.25) is 0 Å². The molecule has 0 saturated carbocycles. The number of rotatable bonds is 0. The monoisotopic (exact) mass is 216 g/mol. The van der Waals surface area contributed by atoms with Crippen molar-refractivity contribution in [3.8, 4) is 0 Å². The van der Waals surface area contributed by atoms with E-state index in [0.29, 0.717) is 0 Å². The maximum absolute atomic E-state index is 0. The maximum atomic E-state index is 0. The summed E-state index contributed by atoms with van der Waals surface area (Å²) in [6.45, 7) is 0. The predicted molar refractivity (Wildman–Crippen MR) is 11.5 cm³/mol. The van der Waals surface area contributed by atoms with E-state index in [4.69, 9.17) is 0 Å². The van der Waals surface area contributed by atoms with Crippen molar-refractivity contribution in [2.24, 2.45) is 0 Å². The molecule has 0 bridgehead atoms. The molecule has 0 saturated heterocycles. The molecule has 0 aliphatic carbocycles. The van der Waals surface area contributed by atoms with Gasteiger partial charge in [0.25, 0.3) is 0 Å². The Labute approximate surface area is 93.5 Å². The van der Waals surface area contributed by atoms with Crippen LogP contribution in [0.3, 0.4) is 0 Å². The first kappa shape index (κ1) is 29.9. The third-order valence-electron chi connectivity index (χ3n) is 0. The molecule has 0 spiro atoms. The van der Waals surface area contributed by atoms with Gasteiger partial charge in [-0.15, -0.1) is 0 Å². The zero-order chi connectivity index (χ0) is 0. The van der Waals surface area contributed by atoms with E-state index in [1.807, 2.05) is 0 Å². The smallest absolute Gasteiger partial charge is 1.00 e. The van der Waals surface area contributed by atoms with E-state index < -0.39 is 0 Å². The largest absolute Gasteiger partial charge is 2.00 e. The van der Waals surface area contributed by atoms with Crippen LogP contribution in [0, 0.1) is 0 Å². The zero-order valence-electron chi connectivity index (χ0n) is 2.17. The minimum atomic E-state index is 0. The van der Waals surface area contributed by atoms with Crippen molar-refractivity contribution in [3.05, 3.63) is 0 Å². The number of hydrogen-bond acceptors (Lipinski definition) is 0. The SMILES string of the molecule is [Ba+2].[Ca+2].[F-].[F-]. The van der Waals surface area contributed by atoms with Crippen molar-refractivity contribution in [1.82, 2.24) is 0 Å². The summed E-state index contributed by atoms with van der Waals surface area (Å²) in [5, 5.41) is 0. The Balaban J connectivity index is 0. The van der Waals surface area contributed by atoms with E-state index in [2.05, 4.69) is 0 Å². The van der Waals surface area contributed by atoms with E-state index >= 15 is 0 Å². The number of halogens is 2. The van der Waals surface area contributed by atoms with Gasteiger partial charge in [0.05, 0.1) is 0 Å². The Bertz CT molecular complexity index is 6.00. The van der Waals surface area contributed by atoms with Gasteiger partial charge in [0.2, 0.25) is 0 Å². The minimum Gasteiger partial charge on any atom is -1.00 e. The zero-order valence-corrected chi connectivity index (χ0v) is 8.82. The molecule has 0 aromatic rings. The van der Waals surface area contributed by atoms with Crippen LogP contribution in [0.15, 0.2) is 0 Å². The van der Waals surface area contributed by atoms with Gasteiger partial charge in [0, 0.05) is 0 Å². The first-order chi connectivity index (χ1) is 0. The summed E-state index contributed by atoms with van der Waals surface area (Å²) in [4.78, 5) is 0. The molecule has 0 aliphatic rings. The van der Waals surface area contributed by atoms with Gasteiger partial charge in [0.15, 0.2) is 0 Å². The third-order valence-corrected chi connectivity index (χ3v) is 0. The fourth-order valence-corrected chi connectivity index (χ4v) is 0.